The van der Waals surface area contributed by atoms with Crippen LogP contribution in [0.5, 0.6) is 5.75 Å². The van der Waals surface area contributed by atoms with E-state index in [4.69, 9.17) is 9.47 Å². The highest BCUT2D eigenvalue weighted by Crippen LogP contribution is 2.29. The lowest BCUT2D eigenvalue weighted by atomic mass is 9.91. The van der Waals surface area contributed by atoms with Crippen molar-refractivity contribution < 1.29 is 9.47 Å². The minimum Gasteiger partial charge on any atom is -0.497 e. The summed E-state index contributed by atoms with van der Waals surface area (Å²) in [6, 6.07) is 6.23. The fourth-order valence-corrected chi connectivity index (χ4v) is 2.16. The molecule has 1 heterocycles. The van der Waals surface area contributed by atoms with Gasteiger partial charge >= 0.3 is 0 Å². The zero-order chi connectivity index (χ0) is 11.4. The van der Waals surface area contributed by atoms with E-state index in [1.165, 1.54) is 11.3 Å². The summed E-state index contributed by atoms with van der Waals surface area (Å²) in [6.07, 6.45) is 2.23. The van der Waals surface area contributed by atoms with Gasteiger partial charge in [0, 0.05) is 25.9 Å². The molecular formula is C13H19NO2. The first-order chi connectivity index (χ1) is 7.83. The highest BCUT2D eigenvalue weighted by atomic mass is 16.5. The molecule has 0 amide bonds. The van der Waals surface area contributed by atoms with E-state index in [2.05, 4.69) is 17.4 Å². The van der Waals surface area contributed by atoms with Gasteiger partial charge in [0.2, 0.25) is 0 Å². The normalized spacial score (nSPS) is 18.8. The molecule has 2 rings (SSSR count). The summed E-state index contributed by atoms with van der Waals surface area (Å²) in [5, 5.41) is 3.46. The Kier molecular flexibility index (Phi) is 3.67. The Labute approximate surface area is 96.8 Å². The molecule has 1 aliphatic rings. The molecule has 0 fully saturated rings. The number of hydrogen-bond donors (Lipinski definition) is 1. The van der Waals surface area contributed by atoms with Crippen molar-refractivity contribution in [1.82, 2.24) is 0 Å². The van der Waals surface area contributed by atoms with E-state index in [-0.39, 0.29) is 0 Å². The maximum absolute atomic E-state index is 5.24. The van der Waals surface area contributed by atoms with Crippen LogP contribution in [-0.4, -0.2) is 27.4 Å². The fourth-order valence-electron chi connectivity index (χ4n) is 2.16. The van der Waals surface area contributed by atoms with Crippen LogP contribution >= 0.6 is 0 Å². The lowest BCUT2D eigenvalue weighted by Crippen LogP contribution is -2.24. The van der Waals surface area contributed by atoms with E-state index in [1.807, 2.05) is 6.07 Å². The number of benzene rings is 1. The maximum Gasteiger partial charge on any atom is 0.119 e. The van der Waals surface area contributed by atoms with Crippen LogP contribution in [0.4, 0.5) is 5.69 Å². The summed E-state index contributed by atoms with van der Waals surface area (Å²) in [5.74, 6) is 1.60. The van der Waals surface area contributed by atoms with Gasteiger partial charge in [-0.3, -0.25) is 0 Å². The molecule has 1 N–H and O–H groups in total. The Morgan fingerprint density at radius 3 is 3.00 bits per heavy atom. The third-order valence-corrected chi connectivity index (χ3v) is 3.13. The summed E-state index contributed by atoms with van der Waals surface area (Å²) < 4.78 is 10.4. The van der Waals surface area contributed by atoms with Gasteiger partial charge in [0.25, 0.3) is 0 Å². The molecule has 1 unspecified atom stereocenters. The van der Waals surface area contributed by atoms with Crippen molar-refractivity contribution in [3.8, 4) is 5.75 Å². The molecule has 0 aromatic heterocycles. The third-order valence-electron chi connectivity index (χ3n) is 3.13. The molecule has 0 bridgehead atoms. The minimum atomic E-state index is 0.666. The lowest BCUT2D eigenvalue weighted by Gasteiger charge is -2.26. The summed E-state index contributed by atoms with van der Waals surface area (Å²) in [4.78, 5) is 0. The molecule has 1 atom stereocenters. The predicted molar refractivity (Wildman–Crippen MR) is 65.2 cm³/mol. The largest absolute Gasteiger partial charge is 0.497 e. The van der Waals surface area contributed by atoms with Gasteiger partial charge in [0.05, 0.1) is 7.11 Å². The van der Waals surface area contributed by atoms with Gasteiger partial charge in [-0.2, -0.15) is 0 Å². The van der Waals surface area contributed by atoms with Gasteiger partial charge in [0.1, 0.15) is 5.75 Å². The number of nitrogens with one attached hydrogen (secondary N) is 1. The monoisotopic (exact) mass is 221 g/mol. The van der Waals surface area contributed by atoms with Crippen LogP contribution in [0.1, 0.15) is 12.0 Å². The molecule has 0 spiro atoms. The zero-order valence-corrected chi connectivity index (χ0v) is 9.95. The number of ether oxygens (including phenoxy) is 2. The lowest BCUT2D eigenvalue weighted by molar-refractivity contribution is 0.178. The standard InChI is InChI=1S/C13H19NO2/c1-15-6-5-10-7-11-8-12(16-2)3-4-13(11)14-9-10/h3-4,8,10,14H,5-7,9H2,1-2H3. The van der Waals surface area contributed by atoms with E-state index in [9.17, 15) is 0 Å². The van der Waals surface area contributed by atoms with Crippen molar-refractivity contribution in [3.63, 3.8) is 0 Å². The first-order valence-corrected chi connectivity index (χ1v) is 5.73. The number of methoxy groups -OCH3 is 2. The van der Waals surface area contributed by atoms with Crippen LogP contribution < -0.4 is 10.1 Å². The highest BCUT2D eigenvalue weighted by Gasteiger charge is 2.18. The molecule has 0 radical (unpaired) electrons. The number of fused-ring (bicyclic) bond motifs is 1. The topological polar surface area (TPSA) is 30.5 Å². The Bertz CT molecular complexity index is 352. The summed E-state index contributed by atoms with van der Waals surface area (Å²) >= 11 is 0. The molecule has 88 valence electrons. The molecular weight excluding hydrogens is 202 g/mol. The van der Waals surface area contributed by atoms with Gasteiger partial charge in [0.15, 0.2) is 0 Å². The van der Waals surface area contributed by atoms with Gasteiger partial charge in [-0.25, -0.2) is 0 Å². The summed E-state index contributed by atoms with van der Waals surface area (Å²) in [6.45, 7) is 1.88. The highest BCUT2D eigenvalue weighted by molar-refractivity contribution is 5.56. The number of hydrogen-bond acceptors (Lipinski definition) is 3. The van der Waals surface area contributed by atoms with Crippen LogP contribution in [0.3, 0.4) is 0 Å². The Morgan fingerprint density at radius 2 is 2.25 bits per heavy atom. The molecule has 3 heteroatoms. The second-order valence-electron chi connectivity index (χ2n) is 4.26. The smallest absolute Gasteiger partial charge is 0.119 e. The van der Waals surface area contributed by atoms with Gasteiger partial charge in [-0.05, 0) is 42.5 Å². The molecule has 0 saturated heterocycles. The third kappa shape index (κ3) is 2.47. The number of rotatable bonds is 4. The Morgan fingerprint density at radius 1 is 1.38 bits per heavy atom. The van der Waals surface area contributed by atoms with Crippen LogP contribution in [-0.2, 0) is 11.2 Å². The van der Waals surface area contributed by atoms with Crippen molar-refractivity contribution >= 4 is 5.69 Å². The second kappa shape index (κ2) is 5.21. The van der Waals surface area contributed by atoms with Crippen molar-refractivity contribution in [2.75, 3.05) is 32.7 Å². The molecule has 16 heavy (non-hydrogen) atoms. The second-order valence-corrected chi connectivity index (χ2v) is 4.26. The fraction of sp³-hybridized carbons (Fsp3) is 0.538. The predicted octanol–water partition coefficient (Wildman–Crippen LogP) is 2.32. The van der Waals surface area contributed by atoms with E-state index < -0.39 is 0 Å². The van der Waals surface area contributed by atoms with Crippen LogP contribution in [0.2, 0.25) is 0 Å². The summed E-state index contributed by atoms with van der Waals surface area (Å²) in [7, 11) is 3.47. The zero-order valence-electron chi connectivity index (χ0n) is 9.95. The van der Waals surface area contributed by atoms with Crippen molar-refractivity contribution in [1.29, 1.82) is 0 Å². The van der Waals surface area contributed by atoms with Crippen molar-refractivity contribution in [3.05, 3.63) is 23.8 Å². The number of anilines is 1. The van der Waals surface area contributed by atoms with E-state index in [1.54, 1.807) is 14.2 Å². The molecule has 1 aliphatic heterocycles. The molecule has 1 aromatic rings. The molecule has 0 saturated carbocycles. The first kappa shape index (κ1) is 11.3. The van der Waals surface area contributed by atoms with E-state index in [0.717, 1.165) is 31.7 Å². The average molecular weight is 221 g/mol. The SMILES string of the molecule is COCCC1CNc2ccc(OC)cc2C1. The molecule has 0 aliphatic carbocycles. The minimum absolute atomic E-state index is 0.666. The summed E-state index contributed by atoms with van der Waals surface area (Å²) in [5.41, 5.74) is 2.60. The quantitative estimate of drug-likeness (QED) is 0.846. The molecule has 3 nitrogen and oxygen atoms in total. The Hall–Kier alpha value is -1.22. The van der Waals surface area contributed by atoms with Crippen molar-refractivity contribution in [2.24, 2.45) is 5.92 Å². The van der Waals surface area contributed by atoms with Gasteiger partial charge in [-0.1, -0.05) is 0 Å². The Balaban J connectivity index is 2.06. The van der Waals surface area contributed by atoms with Crippen LogP contribution in [0, 0.1) is 5.92 Å². The van der Waals surface area contributed by atoms with Crippen LogP contribution in [0.25, 0.3) is 0 Å². The average Bonchev–Trinajstić information content (AvgIpc) is 2.35. The van der Waals surface area contributed by atoms with E-state index >= 15 is 0 Å². The van der Waals surface area contributed by atoms with Crippen molar-refractivity contribution in [2.45, 2.75) is 12.8 Å². The maximum atomic E-state index is 5.24. The first-order valence-electron chi connectivity index (χ1n) is 5.73. The van der Waals surface area contributed by atoms with Gasteiger partial charge in [-0.15, -0.1) is 0 Å². The van der Waals surface area contributed by atoms with E-state index in [0.29, 0.717) is 5.92 Å². The van der Waals surface area contributed by atoms with Crippen LogP contribution in [0.15, 0.2) is 18.2 Å². The molecule has 1 aromatic carbocycles. The van der Waals surface area contributed by atoms with Gasteiger partial charge < -0.3 is 14.8 Å².